The summed E-state index contributed by atoms with van der Waals surface area (Å²) < 4.78 is 0. The summed E-state index contributed by atoms with van der Waals surface area (Å²) in [7, 11) is 0. The standard InChI is InChI=1S/C13H10N2O/c16-9-1-2-11-3-5-12(6-4-11)13-10-14-7-8-15-13/h1-10H. The van der Waals surface area contributed by atoms with Gasteiger partial charge in [-0.2, -0.15) is 0 Å². The molecule has 0 spiro atoms. The molecule has 78 valence electrons. The van der Waals surface area contributed by atoms with Crippen LogP contribution in [0.25, 0.3) is 17.3 Å². The van der Waals surface area contributed by atoms with Gasteiger partial charge in [-0.05, 0) is 11.6 Å². The van der Waals surface area contributed by atoms with Gasteiger partial charge < -0.3 is 0 Å². The molecule has 2 aromatic rings. The molecule has 0 bridgehead atoms. The smallest absolute Gasteiger partial charge is 0.142 e. The van der Waals surface area contributed by atoms with E-state index in [4.69, 9.17) is 0 Å². The lowest BCUT2D eigenvalue weighted by molar-refractivity contribution is -0.104. The third kappa shape index (κ3) is 2.39. The molecule has 0 atom stereocenters. The van der Waals surface area contributed by atoms with E-state index in [-0.39, 0.29) is 0 Å². The maximum atomic E-state index is 10.2. The van der Waals surface area contributed by atoms with Crippen LogP contribution < -0.4 is 0 Å². The fourth-order valence-electron chi connectivity index (χ4n) is 1.36. The SMILES string of the molecule is O=CC=Cc1ccc(-c2cnccn2)cc1. The first-order valence-electron chi connectivity index (χ1n) is 4.88. The van der Waals surface area contributed by atoms with E-state index in [1.807, 2.05) is 24.3 Å². The summed E-state index contributed by atoms with van der Waals surface area (Å²) in [5.41, 5.74) is 2.84. The van der Waals surface area contributed by atoms with Gasteiger partial charge in [0.05, 0.1) is 11.9 Å². The van der Waals surface area contributed by atoms with Gasteiger partial charge in [0.25, 0.3) is 0 Å². The van der Waals surface area contributed by atoms with E-state index in [0.717, 1.165) is 23.1 Å². The molecule has 0 saturated carbocycles. The number of aldehydes is 1. The van der Waals surface area contributed by atoms with Crippen molar-refractivity contribution in [2.45, 2.75) is 0 Å². The molecule has 0 aliphatic carbocycles. The number of carbonyl (C=O) groups is 1. The summed E-state index contributed by atoms with van der Waals surface area (Å²) in [4.78, 5) is 18.4. The van der Waals surface area contributed by atoms with Crippen molar-refractivity contribution in [1.82, 2.24) is 9.97 Å². The molecule has 0 saturated heterocycles. The van der Waals surface area contributed by atoms with E-state index in [1.54, 1.807) is 24.7 Å². The van der Waals surface area contributed by atoms with Gasteiger partial charge in [-0.3, -0.25) is 14.8 Å². The molecule has 0 aliphatic heterocycles. The highest BCUT2D eigenvalue weighted by Gasteiger charge is 1.97. The van der Waals surface area contributed by atoms with Crippen molar-refractivity contribution in [3.05, 3.63) is 54.5 Å². The van der Waals surface area contributed by atoms with Crippen LogP contribution in [0.3, 0.4) is 0 Å². The van der Waals surface area contributed by atoms with Crippen LogP contribution in [-0.4, -0.2) is 16.3 Å². The molecular weight excluding hydrogens is 200 g/mol. The minimum absolute atomic E-state index is 0.760. The first kappa shape index (κ1) is 10.2. The predicted molar refractivity (Wildman–Crippen MR) is 62.6 cm³/mol. The Balaban J connectivity index is 2.26. The normalized spacial score (nSPS) is 10.5. The molecule has 1 aromatic carbocycles. The lowest BCUT2D eigenvalue weighted by Gasteiger charge is -1.99. The van der Waals surface area contributed by atoms with E-state index in [2.05, 4.69) is 9.97 Å². The minimum atomic E-state index is 0.760. The van der Waals surface area contributed by atoms with E-state index in [1.165, 1.54) is 6.08 Å². The summed E-state index contributed by atoms with van der Waals surface area (Å²) in [6, 6.07) is 7.77. The molecule has 0 N–H and O–H groups in total. The maximum Gasteiger partial charge on any atom is 0.142 e. The number of benzene rings is 1. The monoisotopic (exact) mass is 210 g/mol. The Hall–Kier alpha value is -2.29. The highest BCUT2D eigenvalue weighted by molar-refractivity contribution is 5.74. The minimum Gasteiger partial charge on any atom is -0.299 e. The van der Waals surface area contributed by atoms with Crippen LogP contribution in [0, 0.1) is 0 Å². The summed E-state index contributed by atoms with van der Waals surface area (Å²) in [6.07, 6.45) is 9.01. The molecule has 3 nitrogen and oxygen atoms in total. The molecule has 1 aromatic heterocycles. The van der Waals surface area contributed by atoms with Gasteiger partial charge in [0.15, 0.2) is 0 Å². The quantitative estimate of drug-likeness (QED) is 0.577. The van der Waals surface area contributed by atoms with Crippen molar-refractivity contribution in [2.75, 3.05) is 0 Å². The van der Waals surface area contributed by atoms with Gasteiger partial charge in [0.1, 0.15) is 6.29 Å². The number of hydrogen-bond donors (Lipinski definition) is 0. The maximum absolute atomic E-state index is 10.2. The van der Waals surface area contributed by atoms with Crippen molar-refractivity contribution in [3.8, 4) is 11.3 Å². The number of carbonyl (C=O) groups excluding carboxylic acids is 1. The number of aromatic nitrogens is 2. The second kappa shape index (κ2) is 4.98. The Kier molecular flexibility index (Phi) is 3.18. The summed E-state index contributed by atoms with van der Waals surface area (Å²) in [5, 5.41) is 0. The molecule has 16 heavy (non-hydrogen) atoms. The zero-order valence-corrected chi connectivity index (χ0v) is 8.58. The van der Waals surface area contributed by atoms with Gasteiger partial charge in [0, 0.05) is 18.0 Å². The van der Waals surface area contributed by atoms with Crippen LogP contribution in [0.5, 0.6) is 0 Å². The van der Waals surface area contributed by atoms with Gasteiger partial charge in [-0.25, -0.2) is 0 Å². The van der Waals surface area contributed by atoms with Crippen LogP contribution in [0.2, 0.25) is 0 Å². The zero-order chi connectivity index (χ0) is 11.2. The summed E-state index contributed by atoms with van der Waals surface area (Å²) in [6.45, 7) is 0. The van der Waals surface area contributed by atoms with Gasteiger partial charge >= 0.3 is 0 Å². The Bertz CT molecular complexity index is 489. The lowest BCUT2D eigenvalue weighted by atomic mass is 10.1. The van der Waals surface area contributed by atoms with Crippen molar-refractivity contribution in [1.29, 1.82) is 0 Å². The predicted octanol–water partition coefficient (Wildman–Crippen LogP) is 2.36. The Morgan fingerprint density at radius 3 is 2.50 bits per heavy atom. The van der Waals surface area contributed by atoms with Gasteiger partial charge in [0.2, 0.25) is 0 Å². The van der Waals surface area contributed by atoms with Crippen LogP contribution in [-0.2, 0) is 4.79 Å². The lowest BCUT2D eigenvalue weighted by Crippen LogP contribution is -1.83. The second-order valence-corrected chi connectivity index (χ2v) is 3.21. The van der Waals surface area contributed by atoms with Crippen molar-refractivity contribution in [2.24, 2.45) is 0 Å². The molecule has 0 unspecified atom stereocenters. The summed E-state index contributed by atoms with van der Waals surface area (Å²) >= 11 is 0. The number of rotatable bonds is 3. The Morgan fingerprint density at radius 2 is 1.88 bits per heavy atom. The van der Waals surface area contributed by atoms with Crippen molar-refractivity contribution >= 4 is 12.4 Å². The van der Waals surface area contributed by atoms with Crippen LogP contribution in [0.4, 0.5) is 0 Å². The molecule has 0 aliphatic rings. The van der Waals surface area contributed by atoms with Crippen LogP contribution in [0.15, 0.2) is 48.9 Å². The zero-order valence-electron chi connectivity index (χ0n) is 8.58. The second-order valence-electron chi connectivity index (χ2n) is 3.21. The fourth-order valence-corrected chi connectivity index (χ4v) is 1.36. The average Bonchev–Trinajstić information content (AvgIpc) is 2.38. The van der Waals surface area contributed by atoms with E-state index in [0.29, 0.717) is 0 Å². The average molecular weight is 210 g/mol. The molecule has 0 radical (unpaired) electrons. The Morgan fingerprint density at radius 1 is 1.06 bits per heavy atom. The van der Waals surface area contributed by atoms with E-state index >= 15 is 0 Å². The topological polar surface area (TPSA) is 42.9 Å². The van der Waals surface area contributed by atoms with E-state index < -0.39 is 0 Å². The molecule has 2 rings (SSSR count). The molecule has 3 heteroatoms. The fraction of sp³-hybridized carbons (Fsp3) is 0. The number of hydrogen-bond acceptors (Lipinski definition) is 3. The van der Waals surface area contributed by atoms with Crippen LogP contribution in [0.1, 0.15) is 5.56 Å². The Labute approximate surface area is 93.5 Å². The summed E-state index contributed by atoms with van der Waals surface area (Å²) in [5.74, 6) is 0. The van der Waals surface area contributed by atoms with E-state index in [9.17, 15) is 4.79 Å². The first-order valence-corrected chi connectivity index (χ1v) is 4.88. The van der Waals surface area contributed by atoms with Gasteiger partial charge in [-0.1, -0.05) is 30.3 Å². The third-order valence-corrected chi connectivity index (χ3v) is 2.14. The molecule has 0 fully saturated rings. The molecular formula is C13H10N2O. The van der Waals surface area contributed by atoms with Gasteiger partial charge in [-0.15, -0.1) is 0 Å². The number of nitrogens with zero attached hydrogens (tertiary/aromatic N) is 2. The first-order chi connectivity index (χ1) is 7.90. The van der Waals surface area contributed by atoms with Crippen molar-refractivity contribution in [3.63, 3.8) is 0 Å². The highest BCUT2D eigenvalue weighted by atomic mass is 16.1. The van der Waals surface area contributed by atoms with Crippen LogP contribution >= 0.6 is 0 Å². The highest BCUT2D eigenvalue weighted by Crippen LogP contribution is 2.16. The molecule has 1 heterocycles. The molecule has 0 amide bonds. The largest absolute Gasteiger partial charge is 0.299 e. The third-order valence-electron chi connectivity index (χ3n) is 2.14. The number of allylic oxidation sites excluding steroid dienone is 1. The van der Waals surface area contributed by atoms with Crippen molar-refractivity contribution < 1.29 is 4.79 Å².